The molecule has 0 amide bonds. The molecule has 0 saturated heterocycles. The van der Waals surface area contributed by atoms with Crippen LogP contribution < -0.4 is 0 Å². The Labute approximate surface area is 153 Å². The Morgan fingerprint density at radius 1 is 1.20 bits per heavy atom. The van der Waals surface area contributed by atoms with Gasteiger partial charge in [0.05, 0.1) is 10.6 Å². The molecule has 0 bridgehead atoms. The molecule has 25 heavy (non-hydrogen) atoms. The predicted octanol–water partition coefficient (Wildman–Crippen LogP) is 4.89. The lowest BCUT2D eigenvalue weighted by molar-refractivity contribution is 0.426. The number of benzene rings is 1. The van der Waals surface area contributed by atoms with E-state index >= 15 is 0 Å². The number of thiophene rings is 1. The Bertz CT molecular complexity index is 968. The zero-order valence-electron chi connectivity index (χ0n) is 13.8. The van der Waals surface area contributed by atoms with Crippen molar-refractivity contribution in [3.8, 4) is 16.5 Å². The van der Waals surface area contributed by atoms with Gasteiger partial charge in [0.1, 0.15) is 0 Å². The standard InChI is InChI=1S/C18H16N4OS2/c1-12-8-13(2)10-14(9-12)22-6-5-19-18(22)25-11-16-20-17(23-21-16)15-4-3-7-24-15/h3-10H,11H2,1-2H3. The van der Waals surface area contributed by atoms with E-state index in [1.165, 1.54) is 11.1 Å². The maximum atomic E-state index is 5.33. The van der Waals surface area contributed by atoms with Crippen LogP contribution in [0, 0.1) is 13.8 Å². The first kappa shape index (κ1) is 16.1. The van der Waals surface area contributed by atoms with Gasteiger partial charge < -0.3 is 4.52 Å². The molecule has 0 unspecified atom stereocenters. The SMILES string of the molecule is Cc1cc(C)cc(-n2ccnc2SCc2noc(-c3cccs3)n2)c1. The molecule has 3 aromatic heterocycles. The third kappa shape index (κ3) is 3.52. The van der Waals surface area contributed by atoms with Gasteiger partial charge in [-0.05, 0) is 48.6 Å². The van der Waals surface area contributed by atoms with E-state index in [4.69, 9.17) is 4.52 Å². The van der Waals surface area contributed by atoms with Crippen molar-refractivity contribution in [1.29, 1.82) is 0 Å². The average Bonchev–Trinajstić information content (AvgIpc) is 3.32. The van der Waals surface area contributed by atoms with Gasteiger partial charge in [-0.1, -0.05) is 29.1 Å². The van der Waals surface area contributed by atoms with Crippen LogP contribution in [-0.4, -0.2) is 19.7 Å². The van der Waals surface area contributed by atoms with Crippen LogP contribution in [0.25, 0.3) is 16.5 Å². The molecule has 7 heteroatoms. The van der Waals surface area contributed by atoms with Crippen molar-refractivity contribution in [3.05, 3.63) is 65.1 Å². The minimum Gasteiger partial charge on any atom is -0.333 e. The van der Waals surface area contributed by atoms with Crippen molar-refractivity contribution in [2.24, 2.45) is 0 Å². The van der Waals surface area contributed by atoms with Gasteiger partial charge in [-0.15, -0.1) is 11.3 Å². The smallest absolute Gasteiger partial charge is 0.268 e. The molecule has 0 saturated carbocycles. The molecule has 0 N–H and O–H groups in total. The molecule has 0 aliphatic rings. The maximum absolute atomic E-state index is 5.33. The number of hydrogen-bond donors (Lipinski definition) is 0. The first-order valence-electron chi connectivity index (χ1n) is 7.80. The summed E-state index contributed by atoms with van der Waals surface area (Å²) in [4.78, 5) is 9.91. The van der Waals surface area contributed by atoms with Gasteiger partial charge in [0.15, 0.2) is 11.0 Å². The summed E-state index contributed by atoms with van der Waals surface area (Å²) in [7, 11) is 0. The maximum Gasteiger partial charge on any atom is 0.268 e. The molecule has 126 valence electrons. The van der Waals surface area contributed by atoms with Crippen molar-refractivity contribution in [3.63, 3.8) is 0 Å². The van der Waals surface area contributed by atoms with Crippen LogP contribution in [0.3, 0.4) is 0 Å². The van der Waals surface area contributed by atoms with Crippen LogP contribution in [0.1, 0.15) is 17.0 Å². The highest BCUT2D eigenvalue weighted by molar-refractivity contribution is 7.98. The van der Waals surface area contributed by atoms with Crippen LogP contribution in [0.2, 0.25) is 0 Å². The second-order valence-electron chi connectivity index (χ2n) is 5.71. The van der Waals surface area contributed by atoms with E-state index in [1.807, 2.05) is 29.9 Å². The lowest BCUT2D eigenvalue weighted by Crippen LogP contribution is -1.97. The summed E-state index contributed by atoms with van der Waals surface area (Å²) in [6, 6.07) is 10.4. The number of nitrogens with zero attached hydrogens (tertiary/aromatic N) is 4. The molecule has 0 aliphatic carbocycles. The van der Waals surface area contributed by atoms with Gasteiger partial charge in [0.2, 0.25) is 0 Å². The highest BCUT2D eigenvalue weighted by Crippen LogP contribution is 2.27. The van der Waals surface area contributed by atoms with Gasteiger partial charge in [0.25, 0.3) is 5.89 Å². The Morgan fingerprint density at radius 3 is 2.80 bits per heavy atom. The highest BCUT2D eigenvalue weighted by Gasteiger charge is 2.12. The van der Waals surface area contributed by atoms with Crippen LogP contribution in [0.4, 0.5) is 0 Å². The van der Waals surface area contributed by atoms with Gasteiger partial charge in [-0.2, -0.15) is 4.98 Å². The number of imidazole rings is 1. The fourth-order valence-corrected chi connectivity index (χ4v) is 4.09. The Kier molecular flexibility index (Phi) is 4.42. The fraction of sp³-hybridized carbons (Fsp3) is 0.167. The summed E-state index contributed by atoms with van der Waals surface area (Å²) in [5.41, 5.74) is 3.58. The Morgan fingerprint density at radius 2 is 2.04 bits per heavy atom. The fourth-order valence-electron chi connectivity index (χ4n) is 2.62. The first-order chi connectivity index (χ1) is 12.2. The quantitative estimate of drug-likeness (QED) is 0.469. The molecule has 0 fully saturated rings. The molecular weight excluding hydrogens is 352 g/mol. The van der Waals surface area contributed by atoms with Crippen molar-refractivity contribution in [2.75, 3.05) is 0 Å². The largest absolute Gasteiger partial charge is 0.333 e. The molecule has 0 atom stereocenters. The van der Waals surface area contributed by atoms with Gasteiger partial charge in [-0.25, -0.2) is 4.98 Å². The number of thioether (sulfide) groups is 1. The first-order valence-corrected chi connectivity index (χ1v) is 9.67. The lowest BCUT2D eigenvalue weighted by atomic mass is 10.1. The van der Waals surface area contributed by atoms with Crippen LogP contribution >= 0.6 is 23.1 Å². The van der Waals surface area contributed by atoms with E-state index in [9.17, 15) is 0 Å². The predicted molar refractivity (Wildman–Crippen MR) is 100 cm³/mol. The van der Waals surface area contributed by atoms with Crippen molar-refractivity contribution >= 4 is 23.1 Å². The summed E-state index contributed by atoms with van der Waals surface area (Å²) < 4.78 is 7.42. The van der Waals surface area contributed by atoms with E-state index in [0.717, 1.165) is 15.7 Å². The number of hydrogen-bond acceptors (Lipinski definition) is 6. The third-order valence-electron chi connectivity index (χ3n) is 3.62. The third-order valence-corrected chi connectivity index (χ3v) is 5.44. The normalized spacial score (nSPS) is 11.1. The number of aryl methyl sites for hydroxylation is 2. The topological polar surface area (TPSA) is 56.7 Å². The van der Waals surface area contributed by atoms with Crippen molar-refractivity contribution < 1.29 is 4.52 Å². The van der Waals surface area contributed by atoms with Crippen LogP contribution in [0.5, 0.6) is 0 Å². The van der Waals surface area contributed by atoms with Gasteiger partial charge in [0, 0.05) is 18.1 Å². The van der Waals surface area contributed by atoms with E-state index in [-0.39, 0.29) is 0 Å². The molecule has 3 heterocycles. The monoisotopic (exact) mass is 368 g/mol. The number of rotatable bonds is 5. The molecule has 5 nitrogen and oxygen atoms in total. The lowest BCUT2D eigenvalue weighted by Gasteiger charge is -2.09. The minimum absolute atomic E-state index is 0.572. The van der Waals surface area contributed by atoms with E-state index in [2.05, 4.69) is 51.7 Å². The summed E-state index contributed by atoms with van der Waals surface area (Å²) in [5, 5.41) is 6.97. The Balaban J connectivity index is 1.52. The molecule has 0 radical (unpaired) electrons. The second kappa shape index (κ2) is 6.85. The summed E-state index contributed by atoms with van der Waals surface area (Å²) >= 11 is 3.18. The molecule has 0 spiro atoms. The van der Waals surface area contributed by atoms with Crippen molar-refractivity contribution in [2.45, 2.75) is 24.8 Å². The zero-order chi connectivity index (χ0) is 17.2. The molecule has 0 aliphatic heterocycles. The van der Waals surface area contributed by atoms with Gasteiger partial charge >= 0.3 is 0 Å². The molecule has 1 aromatic carbocycles. The summed E-state index contributed by atoms with van der Waals surface area (Å²) in [6.07, 6.45) is 3.79. The Hall–Kier alpha value is -2.38. The second-order valence-corrected chi connectivity index (χ2v) is 7.60. The average molecular weight is 368 g/mol. The minimum atomic E-state index is 0.572. The molecular formula is C18H16N4OS2. The highest BCUT2D eigenvalue weighted by atomic mass is 32.2. The van der Waals surface area contributed by atoms with Gasteiger partial charge in [-0.3, -0.25) is 4.57 Å². The van der Waals surface area contributed by atoms with Crippen LogP contribution in [-0.2, 0) is 5.75 Å². The zero-order valence-corrected chi connectivity index (χ0v) is 15.5. The summed E-state index contributed by atoms with van der Waals surface area (Å²) in [5.74, 6) is 1.85. The van der Waals surface area contributed by atoms with Crippen molar-refractivity contribution in [1.82, 2.24) is 19.7 Å². The molecule has 4 rings (SSSR count). The van der Waals surface area contributed by atoms with Crippen LogP contribution in [0.15, 0.2) is 57.8 Å². The van der Waals surface area contributed by atoms with E-state index in [1.54, 1.807) is 23.1 Å². The van der Waals surface area contributed by atoms with E-state index < -0.39 is 0 Å². The molecule has 4 aromatic rings. The number of aromatic nitrogens is 4. The van der Waals surface area contributed by atoms with E-state index in [0.29, 0.717) is 17.5 Å². The summed E-state index contributed by atoms with van der Waals surface area (Å²) in [6.45, 7) is 4.21.